The zero-order valence-electron chi connectivity index (χ0n) is 23.7. The Hall–Kier alpha value is -4.69. The third-order valence-corrected chi connectivity index (χ3v) is 6.61. The molecule has 0 aliphatic carbocycles. The molecule has 0 heterocycles. The molecule has 0 saturated heterocycles. The van der Waals surface area contributed by atoms with Crippen LogP contribution in [-0.4, -0.2) is 75.6 Å². The van der Waals surface area contributed by atoms with E-state index in [4.69, 9.17) is 17.2 Å². The van der Waals surface area contributed by atoms with Crippen molar-refractivity contribution in [2.24, 2.45) is 17.2 Å². The zero-order valence-corrected chi connectivity index (χ0v) is 23.7. The highest BCUT2D eigenvalue weighted by Gasteiger charge is 2.30. The number of aliphatic carboxylic acids is 1. The summed E-state index contributed by atoms with van der Waals surface area (Å²) in [7, 11) is 0. The van der Waals surface area contributed by atoms with Crippen LogP contribution in [0.15, 0.2) is 48.5 Å². The average Bonchev–Trinajstić information content (AvgIpc) is 2.96. The summed E-state index contributed by atoms with van der Waals surface area (Å²) in [5.74, 6) is -4.26. The van der Waals surface area contributed by atoms with Gasteiger partial charge in [-0.1, -0.05) is 24.3 Å². The number of rotatable bonds is 18. The monoisotopic (exact) mass is 600 g/mol. The molecule has 0 radical (unpaired) electrons. The van der Waals surface area contributed by atoms with Gasteiger partial charge < -0.3 is 48.5 Å². The molecule has 0 aliphatic rings. The van der Waals surface area contributed by atoms with Crippen LogP contribution >= 0.6 is 0 Å². The summed E-state index contributed by atoms with van der Waals surface area (Å²) in [6.07, 6.45) is 0.685. The number of primary amides is 1. The van der Waals surface area contributed by atoms with E-state index in [-0.39, 0.29) is 43.6 Å². The molecule has 2 aromatic carbocycles. The predicted molar refractivity (Wildman–Crippen MR) is 156 cm³/mol. The van der Waals surface area contributed by atoms with Gasteiger partial charge in [-0.3, -0.25) is 19.2 Å². The summed E-state index contributed by atoms with van der Waals surface area (Å²) in [5.41, 5.74) is 18.0. The number of carboxylic acids is 1. The van der Waals surface area contributed by atoms with Gasteiger partial charge in [0, 0.05) is 12.8 Å². The van der Waals surface area contributed by atoms with E-state index in [2.05, 4.69) is 16.0 Å². The summed E-state index contributed by atoms with van der Waals surface area (Å²) < 4.78 is 0. The van der Waals surface area contributed by atoms with Crippen LogP contribution in [0, 0.1) is 0 Å². The third kappa shape index (κ3) is 12.4. The van der Waals surface area contributed by atoms with Crippen molar-refractivity contribution in [1.29, 1.82) is 0 Å². The fourth-order valence-electron chi connectivity index (χ4n) is 4.18. The molecule has 4 amide bonds. The van der Waals surface area contributed by atoms with Crippen LogP contribution in [0.1, 0.15) is 43.2 Å². The zero-order chi connectivity index (χ0) is 31.9. The standard InChI is InChI=1S/C29H40N6O8/c30-14-2-1-3-23(29(42)43)34-28(41)24(16-18-6-10-20(37)11-7-18)35-27(40)22(12-13-25(32)38)33-26(39)21(31)15-17-4-8-19(36)9-5-17/h4-11,21-24,36-37H,1-3,12-16,30-31H2,(H2,32,38)(H,33,39)(H,34,41)(H,35,40)(H,42,43). The van der Waals surface area contributed by atoms with Gasteiger partial charge in [0.25, 0.3) is 0 Å². The van der Waals surface area contributed by atoms with E-state index in [9.17, 15) is 39.3 Å². The number of phenolic OH excluding ortho intramolecular Hbond substituents is 2. The Bertz CT molecular complexity index is 1240. The van der Waals surface area contributed by atoms with Gasteiger partial charge in [-0.15, -0.1) is 0 Å². The molecular weight excluding hydrogens is 560 g/mol. The first-order chi connectivity index (χ1) is 20.4. The number of unbranched alkanes of at least 4 members (excludes halogenated alkanes) is 1. The Labute approximate surface area is 249 Å². The Balaban J connectivity index is 2.23. The summed E-state index contributed by atoms with van der Waals surface area (Å²) in [5, 5.41) is 36.2. The van der Waals surface area contributed by atoms with Gasteiger partial charge in [0.15, 0.2) is 0 Å². The molecule has 4 atom stereocenters. The number of nitrogens with one attached hydrogen (secondary N) is 3. The molecular formula is C29H40N6O8. The number of phenols is 2. The predicted octanol–water partition coefficient (Wildman–Crippen LogP) is -0.856. The number of hydrogen-bond acceptors (Lipinski definition) is 9. The molecule has 2 rings (SSSR count). The van der Waals surface area contributed by atoms with Crippen molar-refractivity contribution in [1.82, 2.24) is 16.0 Å². The van der Waals surface area contributed by atoms with E-state index in [0.717, 1.165) is 0 Å². The number of nitrogens with two attached hydrogens (primary N) is 3. The Morgan fingerprint density at radius 1 is 0.674 bits per heavy atom. The highest BCUT2D eigenvalue weighted by atomic mass is 16.4. The Morgan fingerprint density at radius 3 is 1.67 bits per heavy atom. The first kappa shape index (κ1) is 34.5. The van der Waals surface area contributed by atoms with Crippen molar-refractivity contribution in [2.75, 3.05) is 6.54 Å². The van der Waals surface area contributed by atoms with Gasteiger partial charge in [-0.25, -0.2) is 4.79 Å². The van der Waals surface area contributed by atoms with E-state index in [1.54, 1.807) is 12.1 Å². The van der Waals surface area contributed by atoms with Crippen LogP contribution in [0.5, 0.6) is 11.5 Å². The molecule has 0 aliphatic heterocycles. The van der Waals surface area contributed by atoms with Crippen molar-refractivity contribution in [3.63, 3.8) is 0 Å². The van der Waals surface area contributed by atoms with Crippen LogP contribution in [0.3, 0.4) is 0 Å². The van der Waals surface area contributed by atoms with Crippen molar-refractivity contribution in [3.8, 4) is 11.5 Å². The van der Waals surface area contributed by atoms with Gasteiger partial charge in [0.2, 0.25) is 23.6 Å². The summed E-state index contributed by atoms with van der Waals surface area (Å²) >= 11 is 0. The van der Waals surface area contributed by atoms with Crippen LogP contribution in [0.4, 0.5) is 0 Å². The number of amides is 4. The lowest BCUT2D eigenvalue weighted by molar-refractivity contribution is -0.142. The largest absolute Gasteiger partial charge is 0.508 e. The van der Waals surface area contributed by atoms with Gasteiger partial charge in [-0.2, -0.15) is 0 Å². The maximum Gasteiger partial charge on any atom is 0.326 e. The molecule has 14 nitrogen and oxygen atoms in total. The number of hydrogen-bond donors (Lipinski definition) is 9. The number of carbonyl (C=O) groups is 5. The van der Waals surface area contributed by atoms with Crippen molar-refractivity contribution < 1.29 is 39.3 Å². The van der Waals surface area contributed by atoms with Crippen molar-refractivity contribution in [2.45, 2.75) is 69.1 Å². The fourth-order valence-corrected chi connectivity index (χ4v) is 4.18. The van der Waals surface area contributed by atoms with Gasteiger partial charge in [0.05, 0.1) is 6.04 Å². The first-order valence-corrected chi connectivity index (χ1v) is 13.8. The highest BCUT2D eigenvalue weighted by molar-refractivity contribution is 5.94. The molecule has 12 N–H and O–H groups in total. The molecule has 43 heavy (non-hydrogen) atoms. The molecule has 0 bridgehead atoms. The third-order valence-electron chi connectivity index (χ3n) is 6.61. The molecule has 2 aromatic rings. The summed E-state index contributed by atoms with van der Waals surface area (Å²) in [6.45, 7) is 0.358. The number of benzene rings is 2. The van der Waals surface area contributed by atoms with Crippen LogP contribution < -0.4 is 33.2 Å². The van der Waals surface area contributed by atoms with Gasteiger partial charge in [0.1, 0.15) is 29.6 Å². The van der Waals surface area contributed by atoms with E-state index in [1.807, 2.05) is 0 Å². The maximum absolute atomic E-state index is 13.4. The molecule has 0 spiro atoms. The minimum absolute atomic E-state index is 0.0162. The Morgan fingerprint density at radius 2 is 1.16 bits per heavy atom. The lowest BCUT2D eigenvalue weighted by Gasteiger charge is -2.25. The fraction of sp³-hybridized carbons (Fsp3) is 0.414. The first-order valence-electron chi connectivity index (χ1n) is 13.8. The normalized spacial score (nSPS) is 13.6. The number of carboxylic acid groups (broad SMARTS) is 1. The van der Waals surface area contributed by atoms with E-state index < -0.39 is 53.8 Å². The Kier molecular flexibility index (Phi) is 13.9. The highest BCUT2D eigenvalue weighted by Crippen LogP contribution is 2.13. The van der Waals surface area contributed by atoms with Gasteiger partial charge in [-0.05, 0) is 74.0 Å². The van der Waals surface area contributed by atoms with Crippen LogP contribution in [-0.2, 0) is 36.8 Å². The smallest absolute Gasteiger partial charge is 0.326 e. The minimum Gasteiger partial charge on any atom is -0.508 e. The quantitative estimate of drug-likeness (QED) is 0.0956. The van der Waals surface area contributed by atoms with Crippen LogP contribution in [0.25, 0.3) is 0 Å². The number of carbonyl (C=O) groups excluding carboxylic acids is 4. The summed E-state index contributed by atoms with van der Waals surface area (Å²) in [4.78, 5) is 62.9. The second-order valence-electron chi connectivity index (χ2n) is 10.2. The average molecular weight is 601 g/mol. The van der Waals surface area contributed by atoms with E-state index in [0.29, 0.717) is 30.5 Å². The van der Waals surface area contributed by atoms with E-state index in [1.165, 1.54) is 36.4 Å². The van der Waals surface area contributed by atoms with Gasteiger partial charge >= 0.3 is 5.97 Å². The molecule has 4 unspecified atom stereocenters. The van der Waals surface area contributed by atoms with E-state index >= 15 is 0 Å². The molecule has 234 valence electrons. The SMILES string of the molecule is NCCCCC(NC(=O)C(Cc1ccc(O)cc1)NC(=O)C(CCC(N)=O)NC(=O)C(N)Cc1ccc(O)cc1)C(=O)O. The summed E-state index contributed by atoms with van der Waals surface area (Å²) in [6, 6.07) is 7.00. The molecule has 14 heteroatoms. The second-order valence-corrected chi connectivity index (χ2v) is 10.2. The van der Waals surface area contributed by atoms with Crippen LogP contribution in [0.2, 0.25) is 0 Å². The number of aromatic hydroxyl groups is 2. The molecule has 0 saturated carbocycles. The maximum atomic E-state index is 13.4. The topological polar surface area (TPSA) is 260 Å². The van der Waals surface area contributed by atoms with Crippen molar-refractivity contribution in [3.05, 3.63) is 59.7 Å². The lowest BCUT2D eigenvalue weighted by Crippen LogP contribution is -2.57. The minimum atomic E-state index is -1.30. The molecule has 0 fully saturated rings. The second kappa shape index (κ2) is 17.3. The molecule has 0 aromatic heterocycles. The van der Waals surface area contributed by atoms with Crippen molar-refractivity contribution >= 4 is 29.6 Å². The lowest BCUT2D eigenvalue weighted by atomic mass is 10.0.